The molecule has 0 spiro atoms. The lowest BCUT2D eigenvalue weighted by Crippen LogP contribution is -2.52. The van der Waals surface area contributed by atoms with Crippen molar-refractivity contribution in [3.05, 3.63) is 90.1 Å². The minimum atomic E-state index is -0.659. The lowest BCUT2D eigenvalue weighted by Gasteiger charge is -2.29. The predicted molar refractivity (Wildman–Crippen MR) is 203 cm³/mol. The summed E-state index contributed by atoms with van der Waals surface area (Å²) in [7, 11) is 3.95. The maximum atomic E-state index is 12.9. The Bertz CT molecular complexity index is 2150. The van der Waals surface area contributed by atoms with Gasteiger partial charge in [-0.1, -0.05) is 24.3 Å². The number of pyridine rings is 1. The maximum Gasteiger partial charge on any atom is 0.255 e. The lowest BCUT2D eigenvalue weighted by atomic mass is 10.0. The highest BCUT2D eigenvalue weighted by Gasteiger charge is 2.39. The number of aromatic nitrogens is 2. The highest BCUT2D eigenvalue weighted by Crippen LogP contribution is 2.34. The number of imide groups is 1. The molecule has 1 unspecified atom stereocenters. The molecule has 2 aromatic heterocycles. The summed E-state index contributed by atoms with van der Waals surface area (Å²) in [6, 6.07) is 22.9. The highest BCUT2D eigenvalue weighted by molar-refractivity contribution is 7.21. The molecule has 4 amide bonds. The smallest absolute Gasteiger partial charge is 0.255 e. The summed E-state index contributed by atoms with van der Waals surface area (Å²) < 4.78 is 12.9. The standard InChI is InChI=1S/C40H40N6O6S/c1-45(2)35-16-10-27(23-42-35)25-6-8-26(9-7-25)39-43-32-14-12-30(22-34(32)53-39)51-19-4-3-5-36(47)41-18-20-52-29-11-13-31-28(21-29)24-46(40(31)50)33-15-17-37(48)44-38(33)49/h6-14,16,21-23,33H,3-5,15,17-20,24H2,1-2H3,(H,41,47)(H,44,48,49). The van der Waals surface area contributed by atoms with E-state index < -0.39 is 11.9 Å². The first-order valence-corrected chi connectivity index (χ1v) is 18.5. The summed E-state index contributed by atoms with van der Waals surface area (Å²) >= 11 is 1.63. The largest absolute Gasteiger partial charge is 0.494 e. The number of hydrogen-bond acceptors (Lipinski definition) is 10. The summed E-state index contributed by atoms with van der Waals surface area (Å²) in [6.45, 7) is 1.40. The van der Waals surface area contributed by atoms with Crippen molar-refractivity contribution in [1.29, 1.82) is 0 Å². The number of anilines is 1. The molecule has 1 atom stereocenters. The van der Waals surface area contributed by atoms with E-state index in [0.29, 0.717) is 43.7 Å². The molecule has 2 aliphatic rings. The molecule has 2 N–H and O–H groups in total. The van der Waals surface area contributed by atoms with Gasteiger partial charge in [0, 0.05) is 56.4 Å². The fourth-order valence-corrected chi connectivity index (χ4v) is 7.41. The van der Waals surface area contributed by atoms with Crippen molar-refractivity contribution >= 4 is 51.0 Å². The number of nitrogens with one attached hydrogen (secondary N) is 2. The third-order valence-corrected chi connectivity index (χ3v) is 10.4. The zero-order chi connectivity index (χ0) is 36.9. The molecule has 272 valence electrons. The van der Waals surface area contributed by atoms with Crippen LogP contribution in [0, 0.1) is 0 Å². The summed E-state index contributed by atoms with van der Waals surface area (Å²) in [5.41, 5.74) is 5.44. The molecular weight excluding hydrogens is 693 g/mol. The van der Waals surface area contributed by atoms with E-state index >= 15 is 0 Å². The van der Waals surface area contributed by atoms with Gasteiger partial charge < -0.3 is 24.6 Å². The van der Waals surface area contributed by atoms with Gasteiger partial charge in [-0.05, 0) is 78.9 Å². The fraction of sp³-hybridized carbons (Fsp3) is 0.300. The minimum Gasteiger partial charge on any atom is -0.494 e. The molecule has 12 nitrogen and oxygen atoms in total. The first-order chi connectivity index (χ1) is 25.7. The molecule has 0 aliphatic carbocycles. The van der Waals surface area contributed by atoms with Gasteiger partial charge >= 0.3 is 0 Å². The van der Waals surface area contributed by atoms with Gasteiger partial charge in [-0.15, -0.1) is 11.3 Å². The van der Waals surface area contributed by atoms with E-state index in [-0.39, 0.29) is 37.3 Å². The van der Waals surface area contributed by atoms with Crippen molar-refractivity contribution < 1.29 is 28.7 Å². The Morgan fingerprint density at radius 1 is 0.925 bits per heavy atom. The maximum absolute atomic E-state index is 12.9. The Hall–Kier alpha value is -5.82. The SMILES string of the molecule is CN(C)c1ccc(-c2ccc(-c3nc4ccc(OCCCCC(=O)NCCOc5ccc6c(c5)CN(C5CCC(=O)NC5=O)C6=O)cc4s3)cc2)cn1. The number of rotatable bonds is 14. The Kier molecular flexibility index (Phi) is 10.6. The first kappa shape index (κ1) is 35.6. The monoisotopic (exact) mass is 732 g/mol. The molecular formula is C40H40N6O6S. The van der Waals surface area contributed by atoms with Gasteiger partial charge in [0.05, 0.1) is 23.4 Å². The number of ether oxygens (including phenoxy) is 2. The van der Waals surface area contributed by atoms with Crippen LogP contribution in [0.4, 0.5) is 5.82 Å². The number of fused-ring (bicyclic) bond motifs is 2. The van der Waals surface area contributed by atoms with Crippen LogP contribution in [0.2, 0.25) is 0 Å². The average Bonchev–Trinajstić information content (AvgIpc) is 3.73. The van der Waals surface area contributed by atoms with Crippen molar-refractivity contribution in [3.8, 4) is 33.2 Å². The molecule has 4 heterocycles. The fourth-order valence-electron chi connectivity index (χ4n) is 6.41. The van der Waals surface area contributed by atoms with Crippen molar-refractivity contribution in [1.82, 2.24) is 25.5 Å². The van der Waals surface area contributed by atoms with Crippen LogP contribution < -0.4 is 25.0 Å². The van der Waals surface area contributed by atoms with Crippen LogP contribution >= 0.6 is 11.3 Å². The van der Waals surface area contributed by atoms with E-state index in [1.165, 1.54) is 4.90 Å². The van der Waals surface area contributed by atoms with Crippen molar-refractivity contribution in [2.24, 2.45) is 0 Å². The Labute approximate surface area is 311 Å². The second-order valence-corrected chi connectivity index (χ2v) is 14.3. The molecule has 3 aromatic carbocycles. The number of thiazole rings is 1. The molecule has 53 heavy (non-hydrogen) atoms. The van der Waals surface area contributed by atoms with Crippen molar-refractivity contribution in [2.75, 3.05) is 38.8 Å². The van der Waals surface area contributed by atoms with E-state index in [1.54, 1.807) is 29.5 Å². The summed E-state index contributed by atoms with van der Waals surface area (Å²) in [4.78, 5) is 61.9. The Balaban J connectivity index is 0.803. The number of nitrogens with zero attached hydrogens (tertiary/aromatic N) is 4. The number of amides is 4. The van der Waals surface area contributed by atoms with E-state index in [9.17, 15) is 19.2 Å². The van der Waals surface area contributed by atoms with Crippen LogP contribution in [-0.2, 0) is 20.9 Å². The van der Waals surface area contributed by atoms with Crippen molar-refractivity contribution in [3.63, 3.8) is 0 Å². The van der Waals surface area contributed by atoms with Gasteiger partial charge in [0.1, 0.15) is 35.0 Å². The molecule has 2 aliphatic heterocycles. The average molecular weight is 733 g/mol. The van der Waals surface area contributed by atoms with Crippen LogP contribution in [0.3, 0.4) is 0 Å². The van der Waals surface area contributed by atoms with Crippen LogP contribution in [0.1, 0.15) is 48.0 Å². The quantitative estimate of drug-likeness (QED) is 0.110. The Morgan fingerprint density at radius 3 is 2.45 bits per heavy atom. The molecule has 0 radical (unpaired) electrons. The van der Waals surface area contributed by atoms with Gasteiger partial charge in [0.15, 0.2) is 0 Å². The second-order valence-electron chi connectivity index (χ2n) is 13.2. The number of piperidine rings is 1. The van der Waals surface area contributed by atoms with Gasteiger partial charge in [-0.2, -0.15) is 0 Å². The van der Waals surface area contributed by atoms with Crippen LogP contribution in [0.5, 0.6) is 11.5 Å². The number of carbonyl (C=O) groups excluding carboxylic acids is 4. The van der Waals surface area contributed by atoms with Crippen molar-refractivity contribution in [2.45, 2.75) is 44.7 Å². The van der Waals surface area contributed by atoms with Crippen LogP contribution in [0.15, 0.2) is 79.0 Å². The number of benzene rings is 3. The topological polar surface area (TPSA) is 143 Å². The number of carbonyl (C=O) groups is 4. The van der Waals surface area contributed by atoms with Gasteiger partial charge in [-0.25, -0.2) is 9.97 Å². The molecule has 1 saturated heterocycles. The third kappa shape index (κ3) is 8.30. The summed E-state index contributed by atoms with van der Waals surface area (Å²) in [6.07, 6.45) is 4.22. The molecule has 5 aromatic rings. The molecule has 1 fully saturated rings. The summed E-state index contributed by atoms with van der Waals surface area (Å²) in [5, 5.41) is 6.14. The third-order valence-electron chi connectivity index (χ3n) is 9.29. The van der Waals surface area contributed by atoms with Crippen LogP contribution in [-0.4, -0.2) is 78.4 Å². The minimum absolute atomic E-state index is 0.0569. The lowest BCUT2D eigenvalue weighted by molar-refractivity contribution is -0.137. The Morgan fingerprint density at radius 2 is 1.68 bits per heavy atom. The molecule has 0 bridgehead atoms. The number of hydrogen-bond donors (Lipinski definition) is 2. The predicted octanol–water partition coefficient (Wildman–Crippen LogP) is 5.60. The summed E-state index contributed by atoms with van der Waals surface area (Å²) in [5.74, 6) is 1.23. The normalized spacial score (nSPS) is 15.3. The zero-order valence-electron chi connectivity index (χ0n) is 29.6. The zero-order valence-corrected chi connectivity index (χ0v) is 30.4. The first-order valence-electron chi connectivity index (χ1n) is 17.7. The molecule has 7 rings (SSSR count). The van der Waals surface area contributed by atoms with Gasteiger partial charge in [0.2, 0.25) is 17.7 Å². The van der Waals surface area contributed by atoms with E-state index in [4.69, 9.17) is 14.5 Å². The molecule has 0 saturated carbocycles. The van der Waals surface area contributed by atoms with E-state index in [0.717, 1.165) is 55.5 Å². The van der Waals surface area contributed by atoms with Gasteiger partial charge in [0.25, 0.3) is 5.91 Å². The number of unbranched alkanes of at least 4 members (excludes halogenated alkanes) is 1. The van der Waals surface area contributed by atoms with Crippen LogP contribution in [0.25, 0.3) is 31.9 Å². The van der Waals surface area contributed by atoms with Gasteiger partial charge in [-0.3, -0.25) is 24.5 Å². The molecule has 13 heteroatoms. The van der Waals surface area contributed by atoms with E-state index in [1.807, 2.05) is 49.5 Å². The highest BCUT2D eigenvalue weighted by atomic mass is 32.1. The van der Waals surface area contributed by atoms with E-state index in [2.05, 4.69) is 45.9 Å². The second kappa shape index (κ2) is 15.8.